The number of unbranched alkanes of at least 4 members (excludes halogenated alkanes) is 12. The lowest BCUT2D eigenvalue weighted by atomic mass is 10.0. The SMILES string of the molecule is CCCCCCCC(=O)OC(CCCCCCC)CCCCCCC. The number of rotatable bonds is 19. The molecule has 0 rings (SSSR count). The van der Waals surface area contributed by atoms with E-state index >= 15 is 0 Å². The molecule has 0 aromatic carbocycles. The highest BCUT2D eigenvalue weighted by molar-refractivity contribution is 5.69. The Balaban J connectivity index is 3.97. The maximum Gasteiger partial charge on any atom is 0.306 e. The molecule has 0 bridgehead atoms. The number of hydrogen-bond acceptors (Lipinski definition) is 2. The van der Waals surface area contributed by atoms with E-state index in [1.807, 2.05) is 0 Å². The van der Waals surface area contributed by atoms with Crippen LogP contribution in [0.15, 0.2) is 0 Å². The van der Waals surface area contributed by atoms with Crippen LogP contribution in [0.25, 0.3) is 0 Å². The first-order valence-electron chi connectivity index (χ1n) is 11.4. The highest BCUT2D eigenvalue weighted by atomic mass is 16.5. The second-order valence-corrected chi connectivity index (χ2v) is 7.68. The van der Waals surface area contributed by atoms with Crippen LogP contribution in [-0.4, -0.2) is 12.1 Å². The van der Waals surface area contributed by atoms with E-state index in [1.54, 1.807) is 0 Å². The molecule has 0 aliphatic heterocycles. The monoisotopic (exact) mass is 354 g/mol. The van der Waals surface area contributed by atoms with Gasteiger partial charge in [-0.2, -0.15) is 0 Å². The standard InChI is InChI=1S/C23H46O2/c1-4-7-10-13-16-19-22(20-17-14-11-8-5-2)25-23(24)21-18-15-12-9-6-3/h22H,4-21H2,1-3H3. The molecule has 2 nitrogen and oxygen atoms in total. The van der Waals surface area contributed by atoms with Gasteiger partial charge in [-0.3, -0.25) is 4.79 Å². The lowest BCUT2D eigenvalue weighted by Crippen LogP contribution is -2.18. The minimum atomic E-state index is 0.0450. The molecule has 0 aromatic heterocycles. The summed E-state index contributed by atoms with van der Waals surface area (Å²) in [4.78, 5) is 12.1. The van der Waals surface area contributed by atoms with Crippen LogP contribution >= 0.6 is 0 Å². The van der Waals surface area contributed by atoms with Crippen molar-refractivity contribution >= 4 is 5.97 Å². The van der Waals surface area contributed by atoms with Crippen LogP contribution in [0.2, 0.25) is 0 Å². The smallest absolute Gasteiger partial charge is 0.306 e. The first-order valence-corrected chi connectivity index (χ1v) is 11.4. The molecule has 0 aliphatic rings. The molecule has 0 saturated carbocycles. The average molecular weight is 355 g/mol. The second kappa shape index (κ2) is 19.8. The quantitative estimate of drug-likeness (QED) is 0.173. The van der Waals surface area contributed by atoms with Crippen LogP contribution in [0, 0.1) is 0 Å². The van der Waals surface area contributed by atoms with Crippen LogP contribution in [0.3, 0.4) is 0 Å². The van der Waals surface area contributed by atoms with Crippen LogP contribution in [0.4, 0.5) is 0 Å². The Kier molecular flexibility index (Phi) is 19.4. The van der Waals surface area contributed by atoms with Gasteiger partial charge in [-0.15, -0.1) is 0 Å². The Morgan fingerprint density at radius 1 is 0.600 bits per heavy atom. The van der Waals surface area contributed by atoms with Gasteiger partial charge in [-0.25, -0.2) is 0 Å². The van der Waals surface area contributed by atoms with Gasteiger partial charge >= 0.3 is 5.97 Å². The van der Waals surface area contributed by atoms with Crippen molar-refractivity contribution in [2.45, 2.75) is 142 Å². The number of hydrogen-bond donors (Lipinski definition) is 0. The highest BCUT2D eigenvalue weighted by Crippen LogP contribution is 2.17. The Labute approximate surface area is 158 Å². The molecular weight excluding hydrogens is 308 g/mol. The van der Waals surface area contributed by atoms with Gasteiger partial charge in [-0.1, -0.05) is 97.8 Å². The summed E-state index contributed by atoms with van der Waals surface area (Å²) in [6, 6.07) is 0. The van der Waals surface area contributed by atoms with Crippen molar-refractivity contribution in [3.63, 3.8) is 0 Å². The van der Waals surface area contributed by atoms with E-state index in [2.05, 4.69) is 20.8 Å². The summed E-state index contributed by atoms with van der Waals surface area (Å²) < 4.78 is 5.83. The van der Waals surface area contributed by atoms with Crippen LogP contribution in [0.1, 0.15) is 136 Å². The van der Waals surface area contributed by atoms with Gasteiger partial charge in [0, 0.05) is 6.42 Å². The van der Waals surface area contributed by atoms with Gasteiger partial charge < -0.3 is 4.74 Å². The van der Waals surface area contributed by atoms with Gasteiger partial charge in [0.2, 0.25) is 0 Å². The summed E-state index contributed by atoms with van der Waals surface area (Å²) in [6.07, 6.45) is 21.8. The molecule has 0 heterocycles. The largest absolute Gasteiger partial charge is 0.462 e. The van der Waals surface area contributed by atoms with Gasteiger partial charge in [0.1, 0.15) is 6.10 Å². The van der Waals surface area contributed by atoms with Crippen molar-refractivity contribution < 1.29 is 9.53 Å². The van der Waals surface area contributed by atoms with Crippen LogP contribution in [0.5, 0.6) is 0 Å². The van der Waals surface area contributed by atoms with Crippen molar-refractivity contribution in [3.05, 3.63) is 0 Å². The average Bonchev–Trinajstić information content (AvgIpc) is 2.61. The van der Waals surface area contributed by atoms with Gasteiger partial charge in [0.15, 0.2) is 0 Å². The molecule has 0 radical (unpaired) electrons. The summed E-state index contributed by atoms with van der Waals surface area (Å²) in [5, 5.41) is 0. The van der Waals surface area contributed by atoms with Crippen molar-refractivity contribution in [1.29, 1.82) is 0 Å². The number of carbonyl (C=O) groups excluding carboxylic acids is 1. The minimum Gasteiger partial charge on any atom is -0.462 e. The molecule has 0 unspecified atom stereocenters. The predicted molar refractivity (Wildman–Crippen MR) is 110 cm³/mol. The van der Waals surface area contributed by atoms with E-state index in [0.29, 0.717) is 6.42 Å². The maximum absolute atomic E-state index is 12.1. The molecule has 0 aliphatic carbocycles. The number of ether oxygens (including phenoxy) is 1. The van der Waals surface area contributed by atoms with E-state index in [-0.39, 0.29) is 12.1 Å². The summed E-state index contributed by atoms with van der Waals surface area (Å²) in [6.45, 7) is 6.72. The van der Waals surface area contributed by atoms with Crippen molar-refractivity contribution in [2.75, 3.05) is 0 Å². The van der Waals surface area contributed by atoms with Gasteiger partial charge in [0.05, 0.1) is 0 Å². The molecule has 0 aromatic rings. The Morgan fingerprint density at radius 2 is 1.00 bits per heavy atom. The second-order valence-electron chi connectivity index (χ2n) is 7.68. The fraction of sp³-hybridized carbons (Fsp3) is 0.957. The summed E-state index contributed by atoms with van der Waals surface area (Å²) in [7, 11) is 0. The van der Waals surface area contributed by atoms with Crippen LogP contribution < -0.4 is 0 Å². The van der Waals surface area contributed by atoms with Crippen molar-refractivity contribution in [3.8, 4) is 0 Å². The number of esters is 1. The zero-order chi connectivity index (χ0) is 18.6. The number of carbonyl (C=O) groups is 1. The molecule has 25 heavy (non-hydrogen) atoms. The lowest BCUT2D eigenvalue weighted by Gasteiger charge is -2.18. The predicted octanol–water partition coefficient (Wildman–Crippen LogP) is 7.98. The molecule has 0 amide bonds. The normalized spacial score (nSPS) is 11.2. The Morgan fingerprint density at radius 3 is 1.44 bits per heavy atom. The summed E-state index contributed by atoms with van der Waals surface area (Å²) >= 11 is 0. The van der Waals surface area contributed by atoms with Crippen molar-refractivity contribution in [1.82, 2.24) is 0 Å². The zero-order valence-corrected chi connectivity index (χ0v) is 17.6. The van der Waals surface area contributed by atoms with E-state index in [1.165, 1.54) is 89.9 Å². The molecule has 0 N–H and O–H groups in total. The maximum atomic E-state index is 12.1. The van der Waals surface area contributed by atoms with E-state index < -0.39 is 0 Å². The third kappa shape index (κ3) is 18.1. The van der Waals surface area contributed by atoms with Gasteiger partial charge in [0.25, 0.3) is 0 Å². The first kappa shape index (κ1) is 24.5. The molecule has 0 fully saturated rings. The molecule has 0 atom stereocenters. The van der Waals surface area contributed by atoms with Gasteiger partial charge in [-0.05, 0) is 32.1 Å². The summed E-state index contributed by atoms with van der Waals surface area (Å²) in [5.74, 6) is 0.0450. The molecule has 2 heteroatoms. The Hall–Kier alpha value is -0.530. The Bertz CT molecular complexity index is 261. The fourth-order valence-electron chi connectivity index (χ4n) is 3.33. The molecule has 150 valence electrons. The van der Waals surface area contributed by atoms with E-state index in [9.17, 15) is 4.79 Å². The summed E-state index contributed by atoms with van der Waals surface area (Å²) in [5.41, 5.74) is 0. The fourth-order valence-corrected chi connectivity index (χ4v) is 3.33. The third-order valence-corrected chi connectivity index (χ3v) is 5.04. The highest BCUT2D eigenvalue weighted by Gasteiger charge is 2.14. The van der Waals surface area contributed by atoms with E-state index in [4.69, 9.17) is 4.74 Å². The zero-order valence-electron chi connectivity index (χ0n) is 17.6. The first-order chi connectivity index (χ1) is 12.2. The van der Waals surface area contributed by atoms with Crippen LogP contribution in [-0.2, 0) is 9.53 Å². The molecular formula is C23H46O2. The van der Waals surface area contributed by atoms with E-state index in [0.717, 1.165) is 19.3 Å². The lowest BCUT2D eigenvalue weighted by molar-refractivity contribution is -0.150. The molecule has 0 spiro atoms. The van der Waals surface area contributed by atoms with Crippen molar-refractivity contribution in [2.24, 2.45) is 0 Å². The molecule has 0 saturated heterocycles. The third-order valence-electron chi connectivity index (χ3n) is 5.04. The topological polar surface area (TPSA) is 26.3 Å². The minimum absolute atomic E-state index is 0.0450.